The molecule has 0 saturated carbocycles. The number of hydrogen-bond acceptors (Lipinski definition) is 3. The van der Waals surface area contributed by atoms with E-state index >= 15 is 0 Å². The van der Waals surface area contributed by atoms with Gasteiger partial charge in [-0.25, -0.2) is 0 Å². The zero-order valence-corrected chi connectivity index (χ0v) is 13.2. The fraction of sp³-hybridized carbons (Fsp3) is 0.471. The summed E-state index contributed by atoms with van der Waals surface area (Å²) in [7, 11) is 0. The van der Waals surface area contributed by atoms with Crippen molar-refractivity contribution in [2.75, 3.05) is 0 Å². The molecular formula is C17H25NO2. The van der Waals surface area contributed by atoms with Crippen molar-refractivity contribution in [2.45, 2.75) is 53.1 Å². The molecule has 0 spiro atoms. The van der Waals surface area contributed by atoms with Crippen LogP contribution in [0.15, 0.2) is 18.7 Å². The molecule has 0 amide bonds. The van der Waals surface area contributed by atoms with Crippen LogP contribution in [0.4, 0.5) is 0 Å². The molecule has 0 unspecified atom stereocenters. The zero-order chi connectivity index (χ0) is 15.5. The van der Waals surface area contributed by atoms with Gasteiger partial charge in [-0.15, -0.1) is 0 Å². The van der Waals surface area contributed by atoms with Gasteiger partial charge in [-0.2, -0.15) is 0 Å². The van der Waals surface area contributed by atoms with E-state index in [1.165, 1.54) is 5.56 Å². The van der Waals surface area contributed by atoms with Crippen molar-refractivity contribution >= 4 is 11.7 Å². The zero-order valence-electron chi connectivity index (χ0n) is 13.2. The molecule has 0 heterocycles. The van der Waals surface area contributed by atoms with E-state index in [9.17, 15) is 4.79 Å². The minimum Gasteiger partial charge on any atom is -0.460 e. The molecule has 0 aliphatic carbocycles. The van der Waals surface area contributed by atoms with Gasteiger partial charge in [-0.05, 0) is 75.4 Å². The van der Waals surface area contributed by atoms with Crippen molar-refractivity contribution in [1.29, 1.82) is 0 Å². The number of nitrogens with two attached hydrogens (primary N) is 1. The van der Waals surface area contributed by atoms with E-state index in [-0.39, 0.29) is 5.97 Å². The summed E-state index contributed by atoms with van der Waals surface area (Å²) in [6, 6.07) is 4.03. The van der Waals surface area contributed by atoms with Crippen molar-refractivity contribution in [1.82, 2.24) is 0 Å². The number of ether oxygens (including phenoxy) is 1. The summed E-state index contributed by atoms with van der Waals surface area (Å²) in [5, 5.41) is 0. The van der Waals surface area contributed by atoms with Gasteiger partial charge in [-0.3, -0.25) is 4.79 Å². The lowest BCUT2D eigenvalue weighted by atomic mass is 9.95. The van der Waals surface area contributed by atoms with Crippen LogP contribution in [-0.2, 0) is 16.0 Å². The van der Waals surface area contributed by atoms with E-state index in [0.29, 0.717) is 18.5 Å². The molecule has 0 saturated heterocycles. The van der Waals surface area contributed by atoms with Gasteiger partial charge in [0, 0.05) is 12.1 Å². The molecule has 0 radical (unpaired) electrons. The minimum absolute atomic E-state index is 0.163. The summed E-state index contributed by atoms with van der Waals surface area (Å²) in [4.78, 5) is 11.8. The van der Waals surface area contributed by atoms with E-state index in [1.54, 1.807) is 0 Å². The second-order valence-electron chi connectivity index (χ2n) is 6.20. The lowest BCUT2D eigenvalue weighted by molar-refractivity contribution is -0.154. The third kappa shape index (κ3) is 4.72. The Kier molecular flexibility index (Phi) is 4.98. The molecule has 0 aromatic heterocycles. The van der Waals surface area contributed by atoms with E-state index in [1.807, 2.05) is 46.8 Å². The first kappa shape index (κ1) is 16.3. The van der Waals surface area contributed by atoms with Crippen LogP contribution in [0.25, 0.3) is 5.70 Å². The Balaban J connectivity index is 2.79. The van der Waals surface area contributed by atoms with Crippen molar-refractivity contribution < 1.29 is 9.53 Å². The maximum atomic E-state index is 11.8. The molecule has 0 fully saturated rings. The normalized spacial score (nSPS) is 11.2. The maximum absolute atomic E-state index is 11.8. The van der Waals surface area contributed by atoms with E-state index in [0.717, 1.165) is 16.7 Å². The van der Waals surface area contributed by atoms with Gasteiger partial charge in [0.25, 0.3) is 0 Å². The van der Waals surface area contributed by atoms with Crippen molar-refractivity contribution in [3.05, 3.63) is 41.0 Å². The van der Waals surface area contributed by atoms with Crippen LogP contribution >= 0.6 is 0 Å². The Morgan fingerprint density at radius 1 is 1.25 bits per heavy atom. The second kappa shape index (κ2) is 6.12. The summed E-state index contributed by atoms with van der Waals surface area (Å²) in [5.74, 6) is -0.163. The molecule has 3 nitrogen and oxygen atoms in total. The third-order valence-electron chi connectivity index (χ3n) is 3.07. The lowest BCUT2D eigenvalue weighted by Crippen LogP contribution is -2.24. The number of hydrogen-bond donors (Lipinski definition) is 1. The van der Waals surface area contributed by atoms with Crippen molar-refractivity contribution in [3.63, 3.8) is 0 Å². The SMILES string of the molecule is C=C(N)c1cc(C)c(CCC(=O)OC(C)(C)C)c(C)c1. The Bertz CT molecular complexity index is 501. The molecule has 1 rings (SSSR count). The largest absolute Gasteiger partial charge is 0.460 e. The smallest absolute Gasteiger partial charge is 0.306 e. The van der Waals surface area contributed by atoms with Gasteiger partial charge in [0.05, 0.1) is 0 Å². The minimum atomic E-state index is -0.428. The molecule has 2 N–H and O–H groups in total. The predicted octanol–water partition coefficient (Wildman–Crippen LogP) is 3.51. The first-order valence-corrected chi connectivity index (χ1v) is 6.87. The number of aryl methyl sites for hydroxylation is 2. The number of esters is 1. The molecule has 0 aliphatic rings. The van der Waals surface area contributed by atoms with E-state index in [2.05, 4.69) is 6.58 Å². The molecule has 0 bridgehead atoms. The summed E-state index contributed by atoms with van der Waals surface area (Å²) >= 11 is 0. The summed E-state index contributed by atoms with van der Waals surface area (Å²) in [6.45, 7) is 13.5. The second-order valence-corrected chi connectivity index (χ2v) is 6.20. The summed E-state index contributed by atoms with van der Waals surface area (Å²) in [6.07, 6.45) is 1.08. The van der Waals surface area contributed by atoms with Gasteiger partial charge in [0.15, 0.2) is 0 Å². The van der Waals surface area contributed by atoms with Gasteiger partial charge >= 0.3 is 5.97 Å². The highest BCUT2D eigenvalue weighted by molar-refractivity contribution is 5.70. The van der Waals surface area contributed by atoms with E-state index < -0.39 is 5.60 Å². The first-order chi connectivity index (χ1) is 9.10. The molecule has 0 aliphatic heterocycles. The third-order valence-corrected chi connectivity index (χ3v) is 3.07. The van der Waals surface area contributed by atoms with Gasteiger partial charge in [0.1, 0.15) is 5.60 Å². The number of carbonyl (C=O) groups is 1. The van der Waals surface area contributed by atoms with Crippen molar-refractivity contribution in [2.24, 2.45) is 5.73 Å². The van der Waals surface area contributed by atoms with Gasteiger partial charge in [0.2, 0.25) is 0 Å². The van der Waals surface area contributed by atoms with Crippen LogP contribution < -0.4 is 5.73 Å². The summed E-state index contributed by atoms with van der Waals surface area (Å²) in [5.41, 5.74) is 10.3. The molecule has 110 valence electrons. The van der Waals surface area contributed by atoms with Gasteiger partial charge < -0.3 is 10.5 Å². The fourth-order valence-corrected chi connectivity index (χ4v) is 2.19. The maximum Gasteiger partial charge on any atom is 0.306 e. The predicted molar refractivity (Wildman–Crippen MR) is 83.3 cm³/mol. The Labute approximate surface area is 121 Å². The lowest BCUT2D eigenvalue weighted by Gasteiger charge is -2.20. The van der Waals surface area contributed by atoms with Crippen LogP contribution in [0.2, 0.25) is 0 Å². The van der Waals surface area contributed by atoms with E-state index in [4.69, 9.17) is 10.5 Å². The molecule has 1 aromatic carbocycles. The van der Waals surface area contributed by atoms with Crippen LogP contribution in [0.3, 0.4) is 0 Å². The van der Waals surface area contributed by atoms with Crippen LogP contribution in [0, 0.1) is 13.8 Å². The molecule has 0 atom stereocenters. The molecular weight excluding hydrogens is 250 g/mol. The highest BCUT2D eigenvalue weighted by atomic mass is 16.6. The van der Waals surface area contributed by atoms with Crippen molar-refractivity contribution in [3.8, 4) is 0 Å². The summed E-state index contributed by atoms with van der Waals surface area (Å²) < 4.78 is 5.33. The van der Waals surface area contributed by atoms with Crippen LogP contribution in [-0.4, -0.2) is 11.6 Å². The highest BCUT2D eigenvalue weighted by Gasteiger charge is 2.16. The first-order valence-electron chi connectivity index (χ1n) is 6.87. The number of carbonyl (C=O) groups excluding carboxylic acids is 1. The quantitative estimate of drug-likeness (QED) is 0.856. The Morgan fingerprint density at radius 2 is 1.75 bits per heavy atom. The average Bonchev–Trinajstić information content (AvgIpc) is 2.24. The average molecular weight is 275 g/mol. The molecule has 3 heteroatoms. The highest BCUT2D eigenvalue weighted by Crippen LogP contribution is 2.21. The number of rotatable bonds is 4. The fourth-order valence-electron chi connectivity index (χ4n) is 2.19. The van der Waals surface area contributed by atoms with Gasteiger partial charge in [-0.1, -0.05) is 6.58 Å². The standard InChI is InChI=1S/C17H25NO2/c1-11-9-14(13(3)18)10-12(2)15(11)7-8-16(19)20-17(4,5)6/h9-10H,3,7-8,18H2,1-2,4-6H3. The topological polar surface area (TPSA) is 52.3 Å². The van der Waals surface area contributed by atoms with Crippen LogP contribution in [0.5, 0.6) is 0 Å². The Hall–Kier alpha value is -1.77. The molecule has 20 heavy (non-hydrogen) atoms. The number of benzene rings is 1. The Morgan fingerprint density at radius 3 is 2.15 bits per heavy atom. The molecule has 1 aromatic rings. The van der Waals surface area contributed by atoms with Crippen LogP contribution in [0.1, 0.15) is 49.4 Å². The monoisotopic (exact) mass is 275 g/mol.